The van der Waals surface area contributed by atoms with E-state index in [0.29, 0.717) is 53.6 Å². The maximum atomic E-state index is 13.9. The number of carbonyl (C=O) groups is 2. The predicted octanol–water partition coefficient (Wildman–Crippen LogP) is 3.88. The van der Waals surface area contributed by atoms with Crippen LogP contribution in [0.3, 0.4) is 0 Å². The first kappa shape index (κ1) is 23.7. The number of anilines is 1. The molecule has 2 atom stereocenters. The molecule has 9 nitrogen and oxygen atoms in total. The fourth-order valence-electron chi connectivity index (χ4n) is 5.22. The number of hydrogen-bond donors (Lipinski definition) is 2. The molecule has 3 aromatic carbocycles. The van der Waals surface area contributed by atoms with Crippen LogP contribution < -0.4 is 14.4 Å². The van der Waals surface area contributed by atoms with E-state index in [4.69, 9.17) is 14.6 Å². The summed E-state index contributed by atoms with van der Waals surface area (Å²) in [6.45, 7) is 1.22. The van der Waals surface area contributed by atoms with E-state index in [1.54, 1.807) is 58.2 Å². The van der Waals surface area contributed by atoms with Crippen LogP contribution in [0, 0.1) is 0 Å². The zero-order valence-electron chi connectivity index (χ0n) is 20.4. The third kappa shape index (κ3) is 4.06. The van der Waals surface area contributed by atoms with Gasteiger partial charge in [-0.25, -0.2) is 0 Å². The quantitative estimate of drug-likeness (QED) is 0.404. The molecule has 0 saturated heterocycles. The van der Waals surface area contributed by atoms with E-state index < -0.39 is 17.9 Å². The Hall–Kier alpha value is -4.63. The second-order valence-corrected chi connectivity index (χ2v) is 9.19. The molecule has 4 aromatic rings. The van der Waals surface area contributed by atoms with E-state index in [1.165, 1.54) is 0 Å². The molecule has 1 amide bonds. The normalized spacial score (nSPS) is 18.2. The molecule has 38 heavy (non-hydrogen) atoms. The molecule has 0 radical (unpaired) electrons. The number of ether oxygens (including phenoxy) is 2. The summed E-state index contributed by atoms with van der Waals surface area (Å²) in [4.78, 5) is 28.2. The molecule has 0 unspecified atom stereocenters. The average Bonchev–Trinajstić information content (AvgIpc) is 3.41. The zero-order chi connectivity index (χ0) is 26.2. The second kappa shape index (κ2) is 9.68. The summed E-state index contributed by atoms with van der Waals surface area (Å²) in [5, 5.41) is 23.8. The van der Waals surface area contributed by atoms with Gasteiger partial charge in [-0.3, -0.25) is 19.2 Å². The number of carboxylic acids is 1. The van der Waals surface area contributed by atoms with Crippen molar-refractivity contribution >= 4 is 17.6 Å². The SMILES string of the molecule is O=C(O)[C@@H]1c2ccccc2C(=O)N(c2ccc(-c3cnn(CCO)c3)cc2)[C@H]1c1ccc2c(c1)OCCO2. The first-order valence-electron chi connectivity index (χ1n) is 12.3. The standard InChI is InChI=1S/C29H25N3O6/c33-12-11-31-17-20(16-30-31)18-5-8-21(9-6-18)32-27(19-7-10-24-25(15-19)38-14-13-37-24)26(29(35)36)22-3-1-2-4-23(22)28(32)34/h1-10,15-17,26-27,33H,11-14H2,(H,35,36)/t26-,27+/m1/s1. The summed E-state index contributed by atoms with van der Waals surface area (Å²) in [6, 6.07) is 18.8. The minimum atomic E-state index is -1.03. The van der Waals surface area contributed by atoms with E-state index in [-0.39, 0.29) is 12.5 Å². The van der Waals surface area contributed by atoms with E-state index in [9.17, 15) is 14.7 Å². The summed E-state index contributed by atoms with van der Waals surface area (Å²) in [5.41, 5.74) is 3.80. The summed E-state index contributed by atoms with van der Waals surface area (Å²) in [6.07, 6.45) is 3.55. The van der Waals surface area contributed by atoms with E-state index in [2.05, 4.69) is 5.10 Å². The first-order chi connectivity index (χ1) is 18.5. The molecule has 0 aliphatic carbocycles. The van der Waals surface area contributed by atoms with Crippen LogP contribution in [0.2, 0.25) is 0 Å². The number of carbonyl (C=O) groups excluding carboxylic acids is 1. The maximum absolute atomic E-state index is 13.9. The number of nitrogens with zero attached hydrogens (tertiary/aromatic N) is 3. The molecule has 0 saturated carbocycles. The van der Waals surface area contributed by atoms with Gasteiger partial charge in [-0.15, -0.1) is 0 Å². The highest BCUT2D eigenvalue weighted by molar-refractivity contribution is 6.11. The van der Waals surface area contributed by atoms with Gasteiger partial charge in [0.1, 0.15) is 19.1 Å². The summed E-state index contributed by atoms with van der Waals surface area (Å²) in [5.74, 6) is -1.18. The minimum absolute atomic E-state index is 0.00933. The van der Waals surface area contributed by atoms with Crippen LogP contribution in [0.15, 0.2) is 79.1 Å². The number of aliphatic hydroxyl groups excluding tert-OH is 1. The summed E-state index contributed by atoms with van der Waals surface area (Å²) >= 11 is 0. The Morgan fingerprint density at radius 1 is 0.974 bits per heavy atom. The Labute approximate surface area is 218 Å². The summed E-state index contributed by atoms with van der Waals surface area (Å²) in [7, 11) is 0. The molecule has 0 bridgehead atoms. The Morgan fingerprint density at radius 2 is 1.74 bits per heavy atom. The molecule has 2 aliphatic heterocycles. The highest BCUT2D eigenvalue weighted by Gasteiger charge is 2.45. The van der Waals surface area contributed by atoms with Crippen molar-refractivity contribution in [3.8, 4) is 22.6 Å². The van der Waals surface area contributed by atoms with Crippen molar-refractivity contribution in [2.24, 2.45) is 0 Å². The van der Waals surface area contributed by atoms with Gasteiger partial charge in [-0.1, -0.05) is 36.4 Å². The molecule has 9 heteroatoms. The van der Waals surface area contributed by atoms with Crippen molar-refractivity contribution < 1.29 is 29.3 Å². The highest BCUT2D eigenvalue weighted by atomic mass is 16.6. The zero-order valence-corrected chi connectivity index (χ0v) is 20.4. The Kier molecular flexibility index (Phi) is 6.05. The fourth-order valence-corrected chi connectivity index (χ4v) is 5.22. The molecule has 0 fully saturated rings. The van der Waals surface area contributed by atoms with Gasteiger partial charge in [0.15, 0.2) is 11.5 Å². The van der Waals surface area contributed by atoms with Crippen molar-refractivity contribution in [1.82, 2.24) is 9.78 Å². The highest BCUT2D eigenvalue weighted by Crippen LogP contribution is 2.47. The lowest BCUT2D eigenvalue weighted by Crippen LogP contribution is -2.45. The average molecular weight is 512 g/mol. The number of carboxylic acid groups (broad SMARTS) is 1. The predicted molar refractivity (Wildman–Crippen MR) is 139 cm³/mol. The van der Waals surface area contributed by atoms with Gasteiger partial charge >= 0.3 is 5.97 Å². The number of benzene rings is 3. The largest absolute Gasteiger partial charge is 0.486 e. The number of aromatic nitrogens is 2. The van der Waals surface area contributed by atoms with E-state index in [1.807, 2.05) is 30.5 Å². The molecule has 1 aromatic heterocycles. The lowest BCUT2D eigenvalue weighted by atomic mass is 9.79. The molecule has 6 rings (SSSR count). The number of rotatable bonds is 6. The molecule has 2 N–H and O–H groups in total. The lowest BCUT2D eigenvalue weighted by molar-refractivity contribution is -0.139. The van der Waals surface area contributed by atoms with Gasteiger partial charge in [0.25, 0.3) is 5.91 Å². The van der Waals surface area contributed by atoms with Crippen molar-refractivity contribution in [2.45, 2.75) is 18.5 Å². The Morgan fingerprint density at radius 3 is 2.50 bits per heavy atom. The van der Waals surface area contributed by atoms with Crippen LogP contribution in [0.25, 0.3) is 11.1 Å². The third-order valence-corrected chi connectivity index (χ3v) is 6.95. The van der Waals surface area contributed by atoms with Crippen LogP contribution in [0.1, 0.15) is 33.4 Å². The third-order valence-electron chi connectivity index (χ3n) is 6.95. The van der Waals surface area contributed by atoms with Crippen LogP contribution in [0.4, 0.5) is 5.69 Å². The lowest BCUT2D eigenvalue weighted by Gasteiger charge is -2.41. The minimum Gasteiger partial charge on any atom is -0.486 e. The van der Waals surface area contributed by atoms with E-state index in [0.717, 1.165) is 11.1 Å². The molecule has 0 spiro atoms. The van der Waals surface area contributed by atoms with Gasteiger partial charge in [0, 0.05) is 23.0 Å². The number of amides is 1. The van der Waals surface area contributed by atoms with E-state index >= 15 is 0 Å². The van der Waals surface area contributed by atoms with Gasteiger partial charge in [-0.05, 0) is 47.0 Å². The smallest absolute Gasteiger partial charge is 0.313 e. The fraction of sp³-hybridized carbons (Fsp3) is 0.207. The molecular formula is C29H25N3O6. The molecule has 2 aliphatic rings. The Balaban J connectivity index is 1.46. The van der Waals surface area contributed by atoms with Crippen molar-refractivity contribution in [1.29, 1.82) is 0 Å². The van der Waals surface area contributed by atoms with Gasteiger partial charge in [0.2, 0.25) is 0 Å². The van der Waals surface area contributed by atoms with Crippen LogP contribution in [0.5, 0.6) is 11.5 Å². The molecule has 192 valence electrons. The number of fused-ring (bicyclic) bond motifs is 2. The number of hydrogen-bond acceptors (Lipinski definition) is 6. The van der Waals surface area contributed by atoms with Gasteiger partial charge < -0.3 is 19.7 Å². The molecular weight excluding hydrogens is 486 g/mol. The molecule has 3 heterocycles. The van der Waals surface area contributed by atoms with Crippen LogP contribution >= 0.6 is 0 Å². The van der Waals surface area contributed by atoms with Crippen molar-refractivity contribution in [3.63, 3.8) is 0 Å². The van der Waals surface area contributed by atoms with Crippen molar-refractivity contribution in [3.05, 3.63) is 95.8 Å². The second-order valence-electron chi connectivity index (χ2n) is 9.19. The van der Waals surface area contributed by atoms with Gasteiger partial charge in [-0.2, -0.15) is 5.10 Å². The Bertz CT molecular complexity index is 1510. The maximum Gasteiger partial charge on any atom is 0.313 e. The topological polar surface area (TPSA) is 114 Å². The van der Waals surface area contributed by atoms with Crippen LogP contribution in [-0.2, 0) is 11.3 Å². The monoisotopic (exact) mass is 511 g/mol. The van der Waals surface area contributed by atoms with Gasteiger partial charge in [0.05, 0.1) is 25.4 Å². The number of aliphatic hydroxyl groups is 1. The van der Waals surface area contributed by atoms with Crippen molar-refractivity contribution in [2.75, 3.05) is 24.7 Å². The first-order valence-corrected chi connectivity index (χ1v) is 12.3. The summed E-state index contributed by atoms with van der Waals surface area (Å²) < 4.78 is 13.1. The van der Waals surface area contributed by atoms with Crippen LogP contribution in [-0.4, -0.2) is 51.7 Å². The number of aliphatic carboxylic acids is 1.